The van der Waals surface area contributed by atoms with Gasteiger partial charge >= 0.3 is 5.97 Å². The van der Waals surface area contributed by atoms with Gasteiger partial charge in [-0.25, -0.2) is 0 Å². The van der Waals surface area contributed by atoms with Gasteiger partial charge in [0.15, 0.2) is 0 Å². The summed E-state index contributed by atoms with van der Waals surface area (Å²) < 4.78 is 15.6. The first-order valence-electron chi connectivity index (χ1n) is 10.5. The Bertz CT molecular complexity index is 411. The highest BCUT2D eigenvalue weighted by Crippen LogP contribution is 2.31. The maximum atomic E-state index is 10.2. The first-order valence-corrected chi connectivity index (χ1v) is 10.5. The molecule has 0 amide bonds. The molecular formula is C20H38O8. The van der Waals surface area contributed by atoms with Gasteiger partial charge in [0.25, 0.3) is 0 Å². The molecule has 2 rings (SSSR count). The van der Waals surface area contributed by atoms with Gasteiger partial charge in [0.2, 0.25) is 5.79 Å². The van der Waals surface area contributed by atoms with E-state index in [1.165, 1.54) is 44.9 Å². The molecule has 0 bridgehead atoms. The maximum Gasteiger partial charge on any atom is 0.303 e. The Balaban J connectivity index is 0.000000280. The van der Waals surface area contributed by atoms with E-state index >= 15 is 0 Å². The van der Waals surface area contributed by atoms with E-state index in [2.05, 4.69) is 6.92 Å². The van der Waals surface area contributed by atoms with Crippen LogP contribution in [0.1, 0.15) is 71.1 Å². The van der Waals surface area contributed by atoms with Crippen LogP contribution in [0.5, 0.6) is 0 Å². The minimum absolute atomic E-state index is 0.0281. The quantitative estimate of drug-likeness (QED) is 0.362. The average Bonchev–Trinajstić information content (AvgIpc) is 3.29. The van der Waals surface area contributed by atoms with Gasteiger partial charge in [0.1, 0.15) is 24.9 Å². The van der Waals surface area contributed by atoms with E-state index in [0.29, 0.717) is 19.6 Å². The summed E-state index contributed by atoms with van der Waals surface area (Å²) in [5.41, 5.74) is 0. The fourth-order valence-corrected chi connectivity index (χ4v) is 3.39. The number of hydrogen-bond acceptors (Lipinski definition) is 7. The second-order valence-corrected chi connectivity index (χ2v) is 7.45. The molecule has 0 aromatic rings. The molecule has 28 heavy (non-hydrogen) atoms. The topological polar surface area (TPSA) is 126 Å². The number of hydrogen-bond donors (Lipinski definition) is 4. The van der Waals surface area contributed by atoms with Crippen molar-refractivity contribution in [1.82, 2.24) is 0 Å². The Morgan fingerprint density at radius 3 is 1.93 bits per heavy atom. The Kier molecular flexibility index (Phi) is 12.9. The average molecular weight is 407 g/mol. The lowest BCUT2D eigenvalue weighted by Crippen LogP contribution is -2.52. The van der Waals surface area contributed by atoms with Crippen molar-refractivity contribution < 1.29 is 39.4 Å². The zero-order valence-electron chi connectivity index (χ0n) is 17.1. The summed E-state index contributed by atoms with van der Waals surface area (Å²) in [6.07, 6.45) is 8.62. The summed E-state index contributed by atoms with van der Waals surface area (Å²) in [4.78, 5) is 10.2. The molecule has 8 heteroatoms. The van der Waals surface area contributed by atoms with Crippen LogP contribution in [0.15, 0.2) is 0 Å². The molecule has 0 spiro atoms. The van der Waals surface area contributed by atoms with Crippen molar-refractivity contribution in [2.24, 2.45) is 0 Å². The number of carbonyl (C=O) groups is 1. The largest absolute Gasteiger partial charge is 0.481 e. The van der Waals surface area contributed by atoms with Crippen LogP contribution < -0.4 is 0 Å². The molecule has 0 aliphatic carbocycles. The lowest BCUT2D eigenvalue weighted by atomic mass is 10.0. The standard InChI is InChI=1S/C12H24O2.C8H14O6/c1-2-3-4-5-6-7-8-9-10-11-12(13)14;9-4-8(13-1-2-14-8)7-6(11)5(10)3-12-7/h2-11H2,1H3,(H,13,14);5-7,9-11H,1-4H2/t;5-,6+,7-/m.0/s1. The van der Waals surface area contributed by atoms with E-state index in [1.54, 1.807) is 0 Å². The van der Waals surface area contributed by atoms with Crippen LogP contribution in [0, 0.1) is 0 Å². The number of aliphatic hydroxyl groups is 3. The minimum atomic E-state index is -1.31. The maximum absolute atomic E-state index is 10.2. The predicted molar refractivity (Wildman–Crippen MR) is 103 cm³/mol. The molecule has 0 radical (unpaired) electrons. The molecule has 2 aliphatic heterocycles. The van der Waals surface area contributed by atoms with Crippen molar-refractivity contribution >= 4 is 5.97 Å². The summed E-state index contributed by atoms with van der Waals surface area (Å²) in [5.74, 6) is -1.97. The van der Waals surface area contributed by atoms with Crippen LogP contribution in [0.4, 0.5) is 0 Å². The molecular weight excluding hydrogens is 368 g/mol. The van der Waals surface area contributed by atoms with Gasteiger partial charge in [-0.3, -0.25) is 4.79 Å². The number of rotatable bonds is 12. The van der Waals surface area contributed by atoms with Gasteiger partial charge in [0.05, 0.1) is 19.8 Å². The van der Waals surface area contributed by atoms with E-state index in [0.717, 1.165) is 12.8 Å². The first-order chi connectivity index (χ1) is 13.5. The summed E-state index contributed by atoms with van der Waals surface area (Å²) in [6, 6.07) is 0. The van der Waals surface area contributed by atoms with Crippen LogP contribution in [0.25, 0.3) is 0 Å². The molecule has 2 aliphatic rings. The highest BCUT2D eigenvalue weighted by Gasteiger charge is 2.53. The normalized spacial score (nSPS) is 26.1. The van der Waals surface area contributed by atoms with Gasteiger partial charge in [-0.05, 0) is 6.42 Å². The van der Waals surface area contributed by atoms with Crippen LogP contribution in [-0.2, 0) is 19.0 Å². The minimum Gasteiger partial charge on any atom is -0.481 e. The molecule has 3 atom stereocenters. The lowest BCUT2D eigenvalue weighted by Gasteiger charge is -2.32. The van der Waals surface area contributed by atoms with Crippen molar-refractivity contribution in [2.45, 2.75) is 95.2 Å². The molecule has 0 saturated carbocycles. The summed E-state index contributed by atoms with van der Waals surface area (Å²) in [5, 5.41) is 36.4. The van der Waals surface area contributed by atoms with E-state index in [-0.39, 0.29) is 6.61 Å². The number of aliphatic hydroxyl groups excluding tert-OH is 3. The van der Waals surface area contributed by atoms with Crippen LogP contribution in [0.3, 0.4) is 0 Å². The molecule has 166 valence electrons. The third-order valence-electron chi connectivity index (χ3n) is 5.08. The fourth-order valence-electron chi connectivity index (χ4n) is 3.39. The van der Waals surface area contributed by atoms with Crippen molar-refractivity contribution in [3.8, 4) is 0 Å². The third-order valence-corrected chi connectivity index (χ3v) is 5.08. The van der Waals surface area contributed by atoms with Crippen molar-refractivity contribution in [3.63, 3.8) is 0 Å². The Morgan fingerprint density at radius 1 is 0.964 bits per heavy atom. The van der Waals surface area contributed by atoms with Crippen LogP contribution in [0.2, 0.25) is 0 Å². The number of aliphatic carboxylic acids is 1. The monoisotopic (exact) mass is 406 g/mol. The molecule has 0 aromatic heterocycles. The van der Waals surface area contributed by atoms with Crippen LogP contribution in [-0.4, -0.2) is 76.9 Å². The SMILES string of the molecule is CCCCCCCCCCCC(=O)O.OCC1([C@H]2OC[C@H](O)[C@H]2O)OCCO1. The van der Waals surface area contributed by atoms with E-state index in [4.69, 9.17) is 24.4 Å². The van der Waals surface area contributed by atoms with Gasteiger partial charge in [0, 0.05) is 6.42 Å². The summed E-state index contributed by atoms with van der Waals surface area (Å²) in [6.45, 7) is 2.56. The second kappa shape index (κ2) is 14.3. The molecule has 4 N–H and O–H groups in total. The third kappa shape index (κ3) is 8.71. The van der Waals surface area contributed by atoms with E-state index < -0.39 is 36.7 Å². The second-order valence-electron chi connectivity index (χ2n) is 7.45. The Labute approximate surface area is 167 Å². The smallest absolute Gasteiger partial charge is 0.303 e. The van der Waals surface area contributed by atoms with E-state index in [1.807, 2.05) is 0 Å². The van der Waals surface area contributed by atoms with Gasteiger partial charge in [-0.15, -0.1) is 0 Å². The molecule has 8 nitrogen and oxygen atoms in total. The Hall–Kier alpha value is -0.770. The van der Waals surface area contributed by atoms with Crippen molar-refractivity contribution in [3.05, 3.63) is 0 Å². The van der Waals surface area contributed by atoms with Crippen molar-refractivity contribution in [1.29, 1.82) is 0 Å². The number of carboxylic acids is 1. The summed E-state index contributed by atoms with van der Waals surface area (Å²) >= 11 is 0. The molecule has 2 fully saturated rings. The molecule has 0 aromatic carbocycles. The molecule has 2 heterocycles. The van der Waals surface area contributed by atoms with Gasteiger partial charge in [-0.2, -0.15) is 0 Å². The summed E-state index contributed by atoms with van der Waals surface area (Å²) in [7, 11) is 0. The van der Waals surface area contributed by atoms with Crippen LogP contribution >= 0.6 is 0 Å². The zero-order chi connectivity index (χ0) is 20.8. The zero-order valence-corrected chi connectivity index (χ0v) is 17.1. The van der Waals surface area contributed by atoms with Gasteiger partial charge < -0.3 is 34.6 Å². The highest BCUT2D eigenvalue weighted by molar-refractivity contribution is 5.66. The molecule has 0 unspecified atom stereocenters. The lowest BCUT2D eigenvalue weighted by molar-refractivity contribution is -0.254. The fraction of sp³-hybridized carbons (Fsp3) is 0.950. The van der Waals surface area contributed by atoms with Gasteiger partial charge in [-0.1, -0.05) is 58.3 Å². The number of ether oxygens (including phenoxy) is 3. The van der Waals surface area contributed by atoms with Crippen molar-refractivity contribution in [2.75, 3.05) is 26.4 Å². The highest BCUT2D eigenvalue weighted by atomic mass is 16.8. The Morgan fingerprint density at radius 2 is 1.50 bits per heavy atom. The number of carboxylic acid groups (broad SMARTS) is 1. The molecule has 2 saturated heterocycles. The predicted octanol–water partition coefficient (Wildman–Crippen LogP) is 1.83. The first kappa shape index (κ1) is 25.3. The number of unbranched alkanes of at least 4 members (excludes halogenated alkanes) is 8. The van der Waals surface area contributed by atoms with E-state index in [9.17, 15) is 15.0 Å².